The Bertz CT molecular complexity index is 242. The van der Waals surface area contributed by atoms with E-state index < -0.39 is 0 Å². The standard InChI is InChI=1S/C9H18N4/c1-8(10)4-3-5-11-9-12-6-7-13(9)2/h6-8H,3-5,10H2,1-2H3,(H,11,12). The van der Waals surface area contributed by atoms with Crippen molar-refractivity contribution in [1.82, 2.24) is 9.55 Å². The summed E-state index contributed by atoms with van der Waals surface area (Å²) in [4.78, 5) is 4.15. The minimum absolute atomic E-state index is 0.295. The molecule has 0 bridgehead atoms. The molecule has 0 aromatic carbocycles. The Labute approximate surface area is 79.1 Å². The third-order valence-electron chi connectivity index (χ3n) is 1.94. The summed E-state index contributed by atoms with van der Waals surface area (Å²) in [6, 6.07) is 0.295. The van der Waals surface area contributed by atoms with E-state index in [4.69, 9.17) is 5.73 Å². The zero-order valence-corrected chi connectivity index (χ0v) is 8.33. The molecule has 0 spiro atoms. The van der Waals surface area contributed by atoms with Crippen LogP contribution in [0.2, 0.25) is 0 Å². The second-order valence-electron chi connectivity index (χ2n) is 3.41. The molecule has 4 heteroatoms. The van der Waals surface area contributed by atoms with E-state index in [2.05, 4.69) is 10.3 Å². The van der Waals surface area contributed by atoms with Gasteiger partial charge in [0.25, 0.3) is 0 Å². The number of imidazole rings is 1. The molecule has 1 atom stereocenters. The van der Waals surface area contributed by atoms with Gasteiger partial charge in [-0.25, -0.2) is 4.98 Å². The van der Waals surface area contributed by atoms with Crippen molar-refractivity contribution in [3.8, 4) is 0 Å². The van der Waals surface area contributed by atoms with Gasteiger partial charge in [0.1, 0.15) is 0 Å². The topological polar surface area (TPSA) is 55.9 Å². The first-order valence-corrected chi connectivity index (χ1v) is 4.67. The first kappa shape index (κ1) is 10.1. The SMILES string of the molecule is CC(N)CCCNc1nccn1C. The van der Waals surface area contributed by atoms with Gasteiger partial charge in [0.15, 0.2) is 0 Å². The lowest BCUT2D eigenvalue weighted by Gasteiger charge is -2.07. The molecule has 0 saturated heterocycles. The number of aryl methyl sites for hydroxylation is 1. The summed E-state index contributed by atoms with van der Waals surface area (Å²) in [7, 11) is 1.97. The summed E-state index contributed by atoms with van der Waals surface area (Å²) in [6.45, 7) is 2.97. The molecule has 4 nitrogen and oxygen atoms in total. The second kappa shape index (κ2) is 4.87. The van der Waals surface area contributed by atoms with E-state index >= 15 is 0 Å². The van der Waals surface area contributed by atoms with Gasteiger partial charge in [-0.05, 0) is 19.8 Å². The van der Waals surface area contributed by atoms with Crippen LogP contribution >= 0.6 is 0 Å². The fraction of sp³-hybridized carbons (Fsp3) is 0.667. The van der Waals surface area contributed by atoms with Gasteiger partial charge in [-0.15, -0.1) is 0 Å². The molecule has 1 aromatic heterocycles. The highest BCUT2D eigenvalue weighted by atomic mass is 15.2. The Morgan fingerprint density at radius 3 is 3.00 bits per heavy atom. The maximum Gasteiger partial charge on any atom is 0.202 e. The van der Waals surface area contributed by atoms with Crippen LogP contribution in [-0.2, 0) is 7.05 Å². The quantitative estimate of drug-likeness (QED) is 0.667. The highest BCUT2D eigenvalue weighted by Crippen LogP contribution is 2.01. The number of nitrogens with one attached hydrogen (secondary N) is 1. The van der Waals surface area contributed by atoms with E-state index in [-0.39, 0.29) is 0 Å². The number of rotatable bonds is 5. The van der Waals surface area contributed by atoms with Gasteiger partial charge in [0, 0.05) is 32.0 Å². The zero-order chi connectivity index (χ0) is 9.68. The van der Waals surface area contributed by atoms with Crippen molar-refractivity contribution in [2.75, 3.05) is 11.9 Å². The van der Waals surface area contributed by atoms with Gasteiger partial charge in [0.2, 0.25) is 5.95 Å². The van der Waals surface area contributed by atoms with Crippen molar-refractivity contribution in [3.05, 3.63) is 12.4 Å². The van der Waals surface area contributed by atoms with E-state index in [1.165, 1.54) is 0 Å². The van der Waals surface area contributed by atoms with Crippen LogP contribution in [0.15, 0.2) is 12.4 Å². The minimum Gasteiger partial charge on any atom is -0.356 e. The van der Waals surface area contributed by atoms with Crippen molar-refractivity contribution in [1.29, 1.82) is 0 Å². The normalized spacial score (nSPS) is 12.8. The first-order chi connectivity index (χ1) is 6.20. The number of nitrogens with two attached hydrogens (primary N) is 1. The van der Waals surface area contributed by atoms with Crippen LogP contribution in [0.4, 0.5) is 5.95 Å². The molecular formula is C9H18N4. The van der Waals surface area contributed by atoms with E-state index in [1.807, 2.05) is 24.7 Å². The van der Waals surface area contributed by atoms with Gasteiger partial charge in [0.05, 0.1) is 0 Å². The smallest absolute Gasteiger partial charge is 0.202 e. The fourth-order valence-electron chi connectivity index (χ4n) is 1.16. The Kier molecular flexibility index (Phi) is 3.76. The minimum atomic E-state index is 0.295. The van der Waals surface area contributed by atoms with Gasteiger partial charge in [-0.2, -0.15) is 0 Å². The van der Waals surface area contributed by atoms with Crippen molar-refractivity contribution in [2.45, 2.75) is 25.8 Å². The van der Waals surface area contributed by atoms with Gasteiger partial charge in [-0.3, -0.25) is 0 Å². The molecule has 1 aromatic rings. The van der Waals surface area contributed by atoms with Crippen molar-refractivity contribution >= 4 is 5.95 Å². The maximum absolute atomic E-state index is 5.63. The second-order valence-corrected chi connectivity index (χ2v) is 3.41. The molecule has 0 radical (unpaired) electrons. The summed E-state index contributed by atoms with van der Waals surface area (Å²) in [5.74, 6) is 0.921. The summed E-state index contributed by atoms with van der Waals surface area (Å²) >= 11 is 0. The van der Waals surface area contributed by atoms with Crippen LogP contribution in [0, 0.1) is 0 Å². The van der Waals surface area contributed by atoms with Gasteiger partial charge < -0.3 is 15.6 Å². The van der Waals surface area contributed by atoms with Crippen LogP contribution in [0.1, 0.15) is 19.8 Å². The predicted octanol–water partition coefficient (Wildman–Crippen LogP) is 0.959. The van der Waals surface area contributed by atoms with Gasteiger partial charge >= 0.3 is 0 Å². The lowest BCUT2D eigenvalue weighted by Crippen LogP contribution is -2.16. The number of anilines is 1. The fourth-order valence-corrected chi connectivity index (χ4v) is 1.16. The van der Waals surface area contributed by atoms with Crippen LogP contribution in [0.3, 0.4) is 0 Å². The van der Waals surface area contributed by atoms with Crippen LogP contribution in [0.25, 0.3) is 0 Å². The third-order valence-corrected chi connectivity index (χ3v) is 1.94. The average Bonchev–Trinajstić information content (AvgIpc) is 2.45. The van der Waals surface area contributed by atoms with Crippen LogP contribution < -0.4 is 11.1 Å². The van der Waals surface area contributed by atoms with E-state index in [0.29, 0.717) is 6.04 Å². The Hall–Kier alpha value is -1.03. The third kappa shape index (κ3) is 3.46. The molecule has 74 valence electrons. The molecule has 0 aliphatic heterocycles. The molecule has 1 rings (SSSR count). The summed E-state index contributed by atoms with van der Waals surface area (Å²) < 4.78 is 1.96. The van der Waals surface area contributed by atoms with Crippen LogP contribution in [0.5, 0.6) is 0 Å². The first-order valence-electron chi connectivity index (χ1n) is 4.67. The molecular weight excluding hydrogens is 164 g/mol. The van der Waals surface area contributed by atoms with Gasteiger partial charge in [-0.1, -0.05) is 0 Å². The number of nitrogens with zero attached hydrogens (tertiary/aromatic N) is 2. The summed E-state index contributed by atoms with van der Waals surface area (Å²) in [6.07, 6.45) is 5.85. The molecule has 0 fully saturated rings. The molecule has 3 N–H and O–H groups in total. The predicted molar refractivity (Wildman–Crippen MR) is 54.6 cm³/mol. The molecule has 0 saturated carbocycles. The number of aromatic nitrogens is 2. The number of hydrogen-bond donors (Lipinski definition) is 2. The zero-order valence-electron chi connectivity index (χ0n) is 8.33. The Balaban J connectivity index is 2.17. The van der Waals surface area contributed by atoms with Crippen LogP contribution in [-0.4, -0.2) is 22.1 Å². The molecule has 0 aliphatic carbocycles. The summed E-state index contributed by atoms with van der Waals surface area (Å²) in [5.41, 5.74) is 5.63. The average molecular weight is 182 g/mol. The maximum atomic E-state index is 5.63. The lowest BCUT2D eigenvalue weighted by atomic mass is 10.2. The largest absolute Gasteiger partial charge is 0.356 e. The highest BCUT2D eigenvalue weighted by molar-refractivity contribution is 5.24. The summed E-state index contributed by atoms with van der Waals surface area (Å²) in [5, 5.41) is 3.24. The van der Waals surface area contributed by atoms with Crippen molar-refractivity contribution in [3.63, 3.8) is 0 Å². The molecule has 13 heavy (non-hydrogen) atoms. The van der Waals surface area contributed by atoms with E-state index in [9.17, 15) is 0 Å². The Morgan fingerprint density at radius 1 is 1.69 bits per heavy atom. The Morgan fingerprint density at radius 2 is 2.46 bits per heavy atom. The van der Waals surface area contributed by atoms with E-state index in [1.54, 1.807) is 6.20 Å². The van der Waals surface area contributed by atoms with Crippen molar-refractivity contribution < 1.29 is 0 Å². The molecule has 1 heterocycles. The van der Waals surface area contributed by atoms with E-state index in [0.717, 1.165) is 25.3 Å². The lowest BCUT2D eigenvalue weighted by molar-refractivity contribution is 0.637. The van der Waals surface area contributed by atoms with Crippen molar-refractivity contribution in [2.24, 2.45) is 12.8 Å². The molecule has 0 aliphatic rings. The monoisotopic (exact) mass is 182 g/mol. The highest BCUT2D eigenvalue weighted by Gasteiger charge is 1.97. The molecule has 0 amide bonds. The molecule has 1 unspecified atom stereocenters. The number of hydrogen-bond acceptors (Lipinski definition) is 3.